The van der Waals surface area contributed by atoms with Gasteiger partial charge in [0.15, 0.2) is 5.78 Å². The first-order valence-corrected chi connectivity index (χ1v) is 12.2. The first-order valence-electron chi connectivity index (χ1n) is 11.4. The van der Waals surface area contributed by atoms with Gasteiger partial charge < -0.3 is 10.1 Å². The van der Waals surface area contributed by atoms with E-state index in [-0.39, 0.29) is 27.6 Å². The number of fused-ring (bicyclic) bond motifs is 1. The summed E-state index contributed by atoms with van der Waals surface area (Å²) in [5.74, 6) is -1.66. The minimum absolute atomic E-state index is 0.0619. The number of amides is 1. The van der Waals surface area contributed by atoms with E-state index in [4.69, 9.17) is 4.74 Å². The molecule has 4 aromatic rings. The van der Waals surface area contributed by atoms with Gasteiger partial charge in [-0.3, -0.25) is 19.0 Å². The van der Waals surface area contributed by atoms with Gasteiger partial charge >= 0.3 is 5.69 Å². The number of carbonyl (C=O) groups excluding carboxylic acids is 2. The normalized spacial score (nSPS) is 12.2. The molecule has 0 spiro atoms. The van der Waals surface area contributed by atoms with Crippen LogP contribution in [0.3, 0.4) is 0 Å². The number of aromatic nitrogens is 5. The Morgan fingerprint density at radius 2 is 1.84 bits per heavy atom. The molecule has 0 radical (unpaired) electrons. The van der Waals surface area contributed by atoms with Gasteiger partial charge in [0.1, 0.15) is 27.4 Å². The maximum absolute atomic E-state index is 14.0. The SMILES string of the molecule is COc1ccc(F)cc1C(=O)Cn1c(=O)n([C@H](C)C(=O)NC(C)C)c(=O)c2c(C)c(-n3nccn3)sc21. The lowest BCUT2D eigenvalue weighted by Crippen LogP contribution is -2.47. The highest BCUT2D eigenvalue weighted by Crippen LogP contribution is 2.31. The topological polar surface area (TPSA) is 130 Å². The standard InChI is InChI=1S/C24H25FN6O5S/c1-12(2)28-20(33)14(4)30-21(34)19-13(3)22(31-26-8-9-27-31)37-23(19)29(24(30)35)11-17(32)16-10-15(25)6-7-18(16)36-5/h6-10,12,14H,11H2,1-5H3,(H,28,33)/t14-/m1/s1. The summed E-state index contributed by atoms with van der Waals surface area (Å²) in [6.07, 6.45) is 2.93. The van der Waals surface area contributed by atoms with Crippen LogP contribution in [0.15, 0.2) is 40.2 Å². The molecule has 1 atom stereocenters. The van der Waals surface area contributed by atoms with Gasteiger partial charge in [0.2, 0.25) is 5.91 Å². The number of nitrogens with zero attached hydrogens (tertiary/aromatic N) is 5. The third-order valence-corrected chi connectivity index (χ3v) is 7.06. The van der Waals surface area contributed by atoms with Crippen LogP contribution in [0.25, 0.3) is 15.2 Å². The lowest BCUT2D eigenvalue weighted by atomic mass is 10.1. The number of aryl methyl sites for hydroxylation is 1. The van der Waals surface area contributed by atoms with Gasteiger partial charge in [-0.1, -0.05) is 11.3 Å². The Kier molecular flexibility index (Phi) is 7.07. The number of nitrogens with one attached hydrogen (secondary N) is 1. The quantitative estimate of drug-likeness (QED) is 0.347. The van der Waals surface area contributed by atoms with Crippen molar-refractivity contribution in [2.75, 3.05) is 7.11 Å². The van der Waals surface area contributed by atoms with E-state index >= 15 is 0 Å². The average molecular weight is 529 g/mol. The number of Topliss-reactive ketones (excluding diaryl/α,β-unsaturated/α-hetero) is 1. The van der Waals surface area contributed by atoms with Crippen molar-refractivity contribution in [1.82, 2.24) is 29.4 Å². The zero-order chi connectivity index (χ0) is 27.0. The van der Waals surface area contributed by atoms with E-state index in [1.165, 1.54) is 37.3 Å². The Labute approximate surface area is 214 Å². The molecular formula is C24H25FN6O5S. The second-order valence-electron chi connectivity index (χ2n) is 8.68. The molecule has 11 nitrogen and oxygen atoms in total. The number of halogens is 1. The summed E-state index contributed by atoms with van der Waals surface area (Å²) in [5.41, 5.74) is -1.11. The summed E-state index contributed by atoms with van der Waals surface area (Å²) >= 11 is 1.06. The molecule has 0 fully saturated rings. The second-order valence-corrected chi connectivity index (χ2v) is 9.66. The summed E-state index contributed by atoms with van der Waals surface area (Å²) < 4.78 is 21.1. The molecule has 1 aromatic carbocycles. The zero-order valence-corrected chi connectivity index (χ0v) is 21.6. The molecule has 0 aliphatic carbocycles. The Bertz CT molecular complexity index is 1620. The monoisotopic (exact) mass is 528 g/mol. The molecule has 4 rings (SSSR count). The molecule has 37 heavy (non-hydrogen) atoms. The molecule has 194 valence electrons. The summed E-state index contributed by atoms with van der Waals surface area (Å²) in [6, 6.07) is 2.11. The molecule has 0 saturated heterocycles. The minimum atomic E-state index is -1.16. The van der Waals surface area contributed by atoms with Gasteiger partial charge in [-0.2, -0.15) is 10.2 Å². The summed E-state index contributed by atoms with van der Waals surface area (Å²) in [5, 5.41) is 11.6. The summed E-state index contributed by atoms with van der Waals surface area (Å²) in [6.45, 7) is 6.10. The van der Waals surface area contributed by atoms with Crippen molar-refractivity contribution < 1.29 is 18.7 Å². The lowest BCUT2D eigenvalue weighted by molar-refractivity contribution is -0.124. The van der Waals surface area contributed by atoms with E-state index in [0.29, 0.717) is 10.6 Å². The first-order chi connectivity index (χ1) is 17.5. The smallest absolute Gasteiger partial charge is 0.333 e. The number of benzene rings is 1. The third kappa shape index (κ3) is 4.69. The molecule has 0 bridgehead atoms. The van der Waals surface area contributed by atoms with E-state index in [1.807, 2.05) is 0 Å². The van der Waals surface area contributed by atoms with Crippen LogP contribution >= 0.6 is 11.3 Å². The van der Waals surface area contributed by atoms with E-state index in [0.717, 1.165) is 32.6 Å². The molecule has 3 aromatic heterocycles. The molecular weight excluding hydrogens is 503 g/mol. The average Bonchev–Trinajstić information content (AvgIpc) is 3.49. The van der Waals surface area contributed by atoms with E-state index in [1.54, 1.807) is 20.8 Å². The van der Waals surface area contributed by atoms with Crippen molar-refractivity contribution >= 4 is 33.2 Å². The fraction of sp³-hybridized carbons (Fsp3) is 0.333. The number of hydrogen-bond acceptors (Lipinski definition) is 8. The minimum Gasteiger partial charge on any atom is -0.496 e. The van der Waals surface area contributed by atoms with Crippen LogP contribution < -0.4 is 21.3 Å². The maximum Gasteiger partial charge on any atom is 0.333 e. The zero-order valence-electron chi connectivity index (χ0n) is 20.8. The van der Waals surface area contributed by atoms with Crippen molar-refractivity contribution in [3.8, 4) is 10.8 Å². The highest BCUT2D eigenvalue weighted by atomic mass is 32.1. The molecule has 0 unspecified atom stereocenters. The van der Waals surface area contributed by atoms with Crippen LogP contribution in [-0.4, -0.2) is 49.0 Å². The van der Waals surface area contributed by atoms with Crippen molar-refractivity contribution in [2.24, 2.45) is 0 Å². The number of rotatable bonds is 8. The van der Waals surface area contributed by atoms with Crippen LogP contribution in [0.5, 0.6) is 5.75 Å². The number of carbonyl (C=O) groups is 2. The number of methoxy groups -OCH3 is 1. The van der Waals surface area contributed by atoms with Gasteiger partial charge in [-0.25, -0.2) is 13.8 Å². The van der Waals surface area contributed by atoms with Crippen molar-refractivity contribution in [1.29, 1.82) is 0 Å². The molecule has 13 heteroatoms. The van der Waals surface area contributed by atoms with E-state index in [2.05, 4.69) is 15.5 Å². The molecule has 0 aliphatic rings. The van der Waals surface area contributed by atoms with Gasteiger partial charge in [-0.15, -0.1) is 4.80 Å². The Morgan fingerprint density at radius 3 is 2.46 bits per heavy atom. The molecule has 1 N–H and O–H groups in total. The first kappa shape index (κ1) is 25.9. The van der Waals surface area contributed by atoms with Crippen LogP contribution in [0.4, 0.5) is 4.39 Å². The Hall–Kier alpha value is -4.13. The third-order valence-electron chi connectivity index (χ3n) is 5.78. The molecule has 3 heterocycles. The van der Waals surface area contributed by atoms with Crippen LogP contribution in [0, 0.1) is 12.7 Å². The van der Waals surface area contributed by atoms with Gasteiger partial charge in [0.25, 0.3) is 5.56 Å². The maximum atomic E-state index is 14.0. The van der Waals surface area contributed by atoms with Crippen molar-refractivity contribution in [2.45, 2.75) is 46.3 Å². The Balaban J connectivity index is 1.97. The Morgan fingerprint density at radius 1 is 1.16 bits per heavy atom. The van der Waals surface area contributed by atoms with Gasteiger partial charge in [-0.05, 0) is 45.9 Å². The number of hydrogen-bond donors (Lipinski definition) is 1. The molecule has 0 saturated carbocycles. The summed E-state index contributed by atoms with van der Waals surface area (Å²) in [4.78, 5) is 54.9. The van der Waals surface area contributed by atoms with E-state index < -0.39 is 41.3 Å². The fourth-order valence-electron chi connectivity index (χ4n) is 3.99. The highest BCUT2D eigenvalue weighted by Gasteiger charge is 2.28. The predicted molar refractivity (Wildman–Crippen MR) is 135 cm³/mol. The number of thiophene rings is 1. The lowest BCUT2D eigenvalue weighted by Gasteiger charge is -2.18. The van der Waals surface area contributed by atoms with Crippen LogP contribution in [0.2, 0.25) is 0 Å². The van der Waals surface area contributed by atoms with Crippen LogP contribution in [-0.2, 0) is 11.3 Å². The fourth-order valence-corrected chi connectivity index (χ4v) is 5.20. The highest BCUT2D eigenvalue weighted by molar-refractivity contribution is 7.21. The largest absolute Gasteiger partial charge is 0.496 e. The van der Waals surface area contributed by atoms with Gasteiger partial charge in [0.05, 0.1) is 37.0 Å². The van der Waals surface area contributed by atoms with Crippen molar-refractivity contribution in [3.63, 3.8) is 0 Å². The molecule has 1 amide bonds. The predicted octanol–water partition coefficient (Wildman–Crippen LogP) is 2.23. The number of ketones is 1. The summed E-state index contributed by atoms with van der Waals surface area (Å²) in [7, 11) is 1.34. The second kappa shape index (κ2) is 10.1. The van der Waals surface area contributed by atoms with Crippen LogP contribution in [0.1, 0.15) is 42.7 Å². The van der Waals surface area contributed by atoms with Crippen molar-refractivity contribution in [3.05, 3.63) is 68.4 Å². The number of ether oxygens (including phenoxy) is 1. The molecule has 0 aliphatic heterocycles. The van der Waals surface area contributed by atoms with Gasteiger partial charge in [0, 0.05) is 11.6 Å². The van der Waals surface area contributed by atoms with E-state index in [9.17, 15) is 23.6 Å².